The van der Waals surface area contributed by atoms with Gasteiger partial charge in [-0.05, 0) is 36.2 Å². The fourth-order valence-corrected chi connectivity index (χ4v) is 2.57. The molecule has 1 aromatic carbocycles. The van der Waals surface area contributed by atoms with E-state index in [1.165, 1.54) is 11.8 Å². The molecule has 0 atom stereocenters. The Morgan fingerprint density at radius 1 is 1.30 bits per heavy atom. The summed E-state index contributed by atoms with van der Waals surface area (Å²) < 4.78 is 0. The van der Waals surface area contributed by atoms with Crippen molar-refractivity contribution in [1.29, 1.82) is 0 Å². The Morgan fingerprint density at radius 3 is 3.00 bits per heavy atom. The number of carbonyl (C=O) groups is 1. The predicted octanol–water partition coefficient (Wildman–Crippen LogP) is 2.19. The molecule has 0 aliphatic carbocycles. The third-order valence-corrected chi connectivity index (χ3v) is 3.69. The van der Waals surface area contributed by atoms with Crippen molar-refractivity contribution < 1.29 is 4.79 Å². The lowest BCUT2D eigenvalue weighted by Crippen LogP contribution is -2.24. The molecule has 5 heteroatoms. The molecule has 102 valence electrons. The molecule has 4 nitrogen and oxygen atoms in total. The first-order valence-corrected chi connectivity index (χ1v) is 6.81. The van der Waals surface area contributed by atoms with Gasteiger partial charge in [0.15, 0.2) is 5.78 Å². The van der Waals surface area contributed by atoms with E-state index in [2.05, 4.69) is 10.3 Å². The summed E-state index contributed by atoms with van der Waals surface area (Å²) in [7, 11) is 0. The van der Waals surface area contributed by atoms with E-state index in [0.717, 1.165) is 25.1 Å². The van der Waals surface area contributed by atoms with E-state index in [9.17, 15) is 4.79 Å². The van der Waals surface area contributed by atoms with Crippen LogP contribution < -0.4 is 11.1 Å². The van der Waals surface area contributed by atoms with Gasteiger partial charge in [0.1, 0.15) is 5.82 Å². The normalized spacial score (nSPS) is 13.8. The summed E-state index contributed by atoms with van der Waals surface area (Å²) in [6.07, 6.45) is 2.43. The van der Waals surface area contributed by atoms with Gasteiger partial charge in [0.25, 0.3) is 0 Å². The van der Waals surface area contributed by atoms with Crippen molar-refractivity contribution in [2.45, 2.75) is 13.0 Å². The summed E-state index contributed by atoms with van der Waals surface area (Å²) in [5, 5.41) is 3.70. The number of carbonyl (C=O) groups excluding carboxylic acids is 1. The van der Waals surface area contributed by atoms with Gasteiger partial charge in [-0.2, -0.15) is 0 Å². The minimum Gasteiger partial charge on any atom is -0.383 e. The SMILES string of the molecule is Nc1ncc(Cl)cc1C(=O)c1ccc2c(c1)CNCC2. The van der Waals surface area contributed by atoms with Crippen LogP contribution in [0.25, 0.3) is 0 Å². The summed E-state index contributed by atoms with van der Waals surface area (Å²) >= 11 is 5.88. The van der Waals surface area contributed by atoms with Gasteiger partial charge < -0.3 is 11.1 Å². The average molecular weight is 288 g/mol. The first-order chi connectivity index (χ1) is 9.65. The first kappa shape index (κ1) is 13.1. The first-order valence-electron chi connectivity index (χ1n) is 6.43. The summed E-state index contributed by atoms with van der Waals surface area (Å²) in [4.78, 5) is 16.4. The zero-order chi connectivity index (χ0) is 14.1. The van der Waals surface area contributed by atoms with E-state index in [4.69, 9.17) is 17.3 Å². The van der Waals surface area contributed by atoms with Gasteiger partial charge in [0.05, 0.1) is 10.6 Å². The van der Waals surface area contributed by atoms with Crippen molar-refractivity contribution in [3.05, 3.63) is 57.7 Å². The van der Waals surface area contributed by atoms with Crippen molar-refractivity contribution in [2.75, 3.05) is 12.3 Å². The number of aromatic nitrogens is 1. The minimum absolute atomic E-state index is 0.147. The highest BCUT2D eigenvalue weighted by atomic mass is 35.5. The lowest BCUT2D eigenvalue weighted by molar-refractivity contribution is 0.103. The van der Waals surface area contributed by atoms with Gasteiger partial charge in [-0.15, -0.1) is 0 Å². The van der Waals surface area contributed by atoms with Crippen molar-refractivity contribution in [3.8, 4) is 0 Å². The molecule has 0 bridgehead atoms. The number of fused-ring (bicyclic) bond motifs is 1. The Morgan fingerprint density at radius 2 is 2.15 bits per heavy atom. The molecule has 20 heavy (non-hydrogen) atoms. The molecule has 0 amide bonds. The number of nitrogens with one attached hydrogen (secondary N) is 1. The minimum atomic E-state index is -0.147. The maximum Gasteiger partial charge on any atom is 0.196 e. The average Bonchev–Trinajstić information content (AvgIpc) is 2.48. The molecule has 0 saturated carbocycles. The summed E-state index contributed by atoms with van der Waals surface area (Å²) in [6.45, 7) is 1.77. The van der Waals surface area contributed by atoms with Crippen LogP contribution in [0.3, 0.4) is 0 Å². The monoisotopic (exact) mass is 287 g/mol. The third-order valence-electron chi connectivity index (χ3n) is 3.48. The van der Waals surface area contributed by atoms with Crippen LogP contribution in [0.15, 0.2) is 30.5 Å². The second-order valence-corrected chi connectivity index (χ2v) is 5.26. The van der Waals surface area contributed by atoms with E-state index in [-0.39, 0.29) is 11.6 Å². The Bertz CT molecular complexity index is 685. The van der Waals surface area contributed by atoms with E-state index in [1.807, 2.05) is 18.2 Å². The van der Waals surface area contributed by atoms with Gasteiger partial charge in [0.2, 0.25) is 0 Å². The van der Waals surface area contributed by atoms with Gasteiger partial charge in [-0.3, -0.25) is 4.79 Å². The lowest BCUT2D eigenvalue weighted by Gasteiger charge is -2.17. The van der Waals surface area contributed by atoms with Crippen LogP contribution in [0.1, 0.15) is 27.0 Å². The van der Waals surface area contributed by atoms with Gasteiger partial charge >= 0.3 is 0 Å². The van der Waals surface area contributed by atoms with Gasteiger partial charge in [-0.1, -0.05) is 23.7 Å². The fourth-order valence-electron chi connectivity index (χ4n) is 2.41. The molecule has 0 radical (unpaired) electrons. The van der Waals surface area contributed by atoms with Crippen molar-refractivity contribution in [1.82, 2.24) is 10.3 Å². The number of nitrogen functional groups attached to an aromatic ring is 1. The molecule has 0 saturated heterocycles. The number of anilines is 1. The molecule has 1 aromatic heterocycles. The fraction of sp³-hybridized carbons (Fsp3) is 0.200. The number of benzene rings is 1. The van der Waals surface area contributed by atoms with Crippen LogP contribution in [-0.2, 0) is 13.0 Å². The summed E-state index contributed by atoms with van der Waals surface area (Å²) in [6, 6.07) is 7.33. The molecular weight excluding hydrogens is 274 g/mol. The zero-order valence-electron chi connectivity index (χ0n) is 10.8. The Hall–Kier alpha value is -1.91. The van der Waals surface area contributed by atoms with E-state index >= 15 is 0 Å². The summed E-state index contributed by atoms with van der Waals surface area (Å²) in [5.74, 6) is 0.0566. The van der Waals surface area contributed by atoms with E-state index in [0.29, 0.717) is 16.1 Å². The van der Waals surface area contributed by atoms with Crippen LogP contribution in [-0.4, -0.2) is 17.3 Å². The van der Waals surface area contributed by atoms with Crippen molar-refractivity contribution >= 4 is 23.2 Å². The lowest BCUT2D eigenvalue weighted by atomic mass is 9.95. The van der Waals surface area contributed by atoms with Crippen molar-refractivity contribution in [3.63, 3.8) is 0 Å². The maximum absolute atomic E-state index is 12.5. The molecule has 1 aliphatic rings. The molecule has 2 aromatic rings. The number of pyridine rings is 1. The van der Waals surface area contributed by atoms with Crippen LogP contribution in [0.5, 0.6) is 0 Å². The number of nitrogens with two attached hydrogens (primary N) is 1. The second-order valence-electron chi connectivity index (χ2n) is 4.83. The Kier molecular flexibility index (Phi) is 3.42. The Balaban J connectivity index is 2.00. The van der Waals surface area contributed by atoms with Crippen LogP contribution in [0.2, 0.25) is 5.02 Å². The molecule has 1 aliphatic heterocycles. The molecular formula is C15H14ClN3O. The van der Waals surface area contributed by atoms with Crippen LogP contribution >= 0.6 is 11.6 Å². The molecule has 3 rings (SSSR count). The topological polar surface area (TPSA) is 68.0 Å². The standard InChI is InChI=1S/C15H14ClN3O/c16-12-6-13(15(17)19-8-12)14(20)10-2-1-9-3-4-18-7-11(9)5-10/h1-2,5-6,8,18H,3-4,7H2,(H2,17,19). The number of hydrogen-bond donors (Lipinski definition) is 2. The number of hydrogen-bond acceptors (Lipinski definition) is 4. The number of ketones is 1. The smallest absolute Gasteiger partial charge is 0.196 e. The van der Waals surface area contributed by atoms with E-state index < -0.39 is 0 Å². The highest BCUT2D eigenvalue weighted by Crippen LogP contribution is 2.22. The molecule has 0 fully saturated rings. The quantitative estimate of drug-likeness (QED) is 0.831. The second kappa shape index (κ2) is 5.23. The highest BCUT2D eigenvalue weighted by Gasteiger charge is 2.16. The highest BCUT2D eigenvalue weighted by molar-refractivity contribution is 6.31. The maximum atomic E-state index is 12.5. The zero-order valence-corrected chi connectivity index (χ0v) is 11.6. The largest absolute Gasteiger partial charge is 0.383 e. The molecule has 0 unspecified atom stereocenters. The van der Waals surface area contributed by atoms with Crippen LogP contribution in [0, 0.1) is 0 Å². The van der Waals surface area contributed by atoms with Crippen molar-refractivity contribution in [2.24, 2.45) is 0 Å². The predicted molar refractivity (Wildman–Crippen MR) is 78.9 cm³/mol. The van der Waals surface area contributed by atoms with Gasteiger partial charge in [0, 0.05) is 18.3 Å². The molecule has 0 spiro atoms. The number of nitrogens with zero attached hydrogens (tertiary/aromatic N) is 1. The van der Waals surface area contributed by atoms with Gasteiger partial charge in [-0.25, -0.2) is 4.98 Å². The number of halogens is 1. The number of rotatable bonds is 2. The Labute approximate surface area is 122 Å². The molecule has 3 N–H and O–H groups in total. The van der Waals surface area contributed by atoms with Crippen LogP contribution in [0.4, 0.5) is 5.82 Å². The molecule has 2 heterocycles. The van der Waals surface area contributed by atoms with E-state index in [1.54, 1.807) is 6.07 Å². The summed E-state index contributed by atoms with van der Waals surface area (Å²) in [5.41, 5.74) is 9.18. The third kappa shape index (κ3) is 2.40.